The van der Waals surface area contributed by atoms with E-state index in [0.717, 1.165) is 0 Å². The van der Waals surface area contributed by atoms with E-state index in [9.17, 15) is 19.8 Å². The lowest BCUT2D eigenvalue weighted by atomic mass is 9.77. The van der Waals surface area contributed by atoms with Gasteiger partial charge in [0.15, 0.2) is 40.1 Å². The van der Waals surface area contributed by atoms with Crippen molar-refractivity contribution in [3.05, 3.63) is 68.2 Å². The molecule has 2 aliphatic rings. The number of rotatable bonds is 4. The van der Waals surface area contributed by atoms with E-state index in [4.69, 9.17) is 48.6 Å². The van der Waals surface area contributed by atoms with Gasteiger partial charge in [0.2, 0.25) is 0 Å². The molecule has 0 unspecified atom stereocenters. The molecule has 1 spiro atoms. The van der Waals surface area contributed by atoms with Crippen molar-refractivity contribution in [3.8, 4) is 46.8 Å². The van der Waals surface area contributed by atoms with Gasteiger partial charge in [0, 0.05) is 11.1 Å². The number of carbonyl (C=O) groups excluding carboxylic acids is 2. The molecule has 0 atom stereocenters. The summed E-state index contributed by atoms with van der Waals surface area (Å²) in [5.74, 6) is 0.0702. The van der Waals surface area contributed by atoms with E-state index in [2.05, 4.69) is 11.2 Å². The third kappa shape index (κ3) is 3.34. The minimum Gasteiger partial charge on any atom is -0.503 e. The van der Waals surface area contributed by atoms with Crippen molar-refractivity contribution < 1.29 is 38.7 Å². The monoisotopic (exact) mass is 541 g/mol. The zero-order chi connectivity index (χ0) is 26.6. The number of nitrogens with one attached hydrogen (secondary N) is 1. The minimum atomic E-state index is -1.72. The molecule has 9 nitrogen and oxygen atoms in total. The molecule has 3 aromatic carbocycles. The van der Waals surface area contributed by atoms with Crippen LogP contribution in [0.5, 0.6) is 34.5 Å². The molecule has 0 saturated carbocycles. The third-order valence-electron chi connectivity index (χ3n) is 6.20. The maximum Gasteiger partial charge on any atom is 0.340 e. The smallest absolute Gasteiger partial charge is 0.340 e. The van der Waals surface area contributed by atoms with Crippen LogP contribution in [0.4, 0.5) is 0 Å². The zero-order valence-electron chi connectivity index (χ0n) is 19.3. The summed E-state index contributed by atoms with van der Waals surface area (Å²) in [4.78, 5) is 25.8. The Balaban J connectivity index is 1.86. The van der Waals surface area contributed by atoms with Crippen molar-refractivity contribution in [2.75, 3.05) is 20.8 Å². The molecular weight excluding hydrogens is 525 g/mol. The summed E-state index contributed by atoms with van der Waals surface area (Å²) in [6.07, 6.45) is 5.22. The predicted molar refractivity (Wildman–Crippen MR) is 132 cm³/mol. The highest BCUT2D eigenvalue weighted by Crippen LogP contribution is 2.63. The van der Waals surface area contributed by atoms with Crippen molar-refractivity contribution in [1.82, 2.24) is 5.32 Å². The Kier molecular flexibility index (Phi) is 5.74. The van der Waals surface area contributed by atoms with Crippen LogP contribution in [0.2, 0.25) is 10.0 Å². The second-order valence-electron chi connectivity index (χ2n) is 8.06. The lowest BCUT2D eigenvalue weighted by Gasteiger charge is -2.37. The van der Waals surface area contributed by atoms with Gasteiger partial charge in [0.25, 0.3) is 5.91 Å². The van der Waals surface area contributed by atoms with Crippen LogP contribution in [0, 0.1) is 12.3 Å². The number of methoxy groups -OCH3 is 2. The fourth-order valence-corrected chi connectivity index (χ4v) is 4.99. The number of aromatic hydroxyl groups is 2. The summed E-state index contributed by atoms with van der Waals surface area (Å²) in [7, 11) is 2.66. The first kappa shape index (κ1) is 24.4. The molecule has 0 aromatic heterocycles. The van der Waals surface area contributed by atoms with E-state index < -0.39 is 29.0 Å². The molecule has 0 radical (unpaired) electrons. The topological polar surface area (TPSA) is 124 Å². The van der Waals surface area contributed by atoms with Crippen LogP contribution in [0.3, 0.4) is 0 Å². The van der Waals surface area contributed by atoms with Gasteiger partial charge < -0.3 is 34.5 Å². The van der Waals surface area contributed by atoms with Gasteiger partial charge in [0.1, 0.15) is 10.0 Å². The van der Waals surface area contributed by atoms with E-state index in [-0.39, 0.29) is 61.8 Å². The Hall–Kier alpha value is -4.26. The molecule has 2 aliphatic heterocycles. The largest absolute Gasteiger partial charge is 0.503 e. The second-order valence-corrected chi connectivity index (χ2v) is 8.81. The van der Waals surface area contributed by atoms with Gasteiger partial charge in [0.05, 0.1) is 37.5 Å². The number of terminal acetylenes is 1. The Morgan fingerprint density at radius 1 is 1.03 bits per heavy atom. The van der Waals surface area contributed by atoms with E-state index in [1.807, 2.05) is 0 Å². The van der Waals surface area contributed by atoms with Gasteiger partial charge in [-0.05, 0) is 24.3 Å². The van der Waals surface area contributed by atoms with Crippen LogP contribution in [0.1, 0.15) is 37.4 Å². The summed E-state index contributed by atoms with van der Waals surface area (Å²) in [5, 5.41) is 23.2. The number of phenolic OH excluding ortho intramolecular Hbond substituents is 2. The fourth-order valence-electron chi connectivity index (χ4n) is 4.52. The van der Waals surface area contributed by atoms with Crippen molar-refractivity contribution >= 4 is 35.1 Å². The maximum atomic E-state index is 13.3. The molecule has 3 aromatic rings. The van der Waals surface area contributed by atoms with Crippen LogP contribution in [0.15, 0.2) is 30.3 Å². The minimum absolute atomic E-state index is 0.00592. The third-order valence-corrected chi connectivity index (χ3v) is 6.90. The Morgan fingerprint density at radius 2 is 1.59 bits per heavy atom. The van der Waals surface area contributed by atoms with Gasteiger partial charge in [-0.25, -0.2) is 4.79 Å². The van der Waals surface area contributed by atoms with Crippen molar-refractivity contribution in [2.45, 2.75) is 5.60 Å². The first-order chi connectivity index (χ1) is 17.7. The van der Waals surface area contributed by atoms with Crippen LogP contribution in [-0.4, -0.2) is 42.9 Å². The first-order valence-electron chi connectivity index (χ1n) is 10.7. The molecular formula is C26H17Cl2NO8. The van der Waals surface area contributed by atoms with Crippen LogP contribution in [0.25, 0.3) is 0 Å². The number of amides is 1. The van der Waals surface area contributed by atoms with E-state index >= 15 is 0 Å². The number of hydrogen-bond acceptors (Lipinski definition) is 8. The highest BCUT2D eigenvalue weighted by atomic mass is 35.5. The molecule has 11 heteroatoms. The molecule has 37 heavy (non-hydrogen) atoms. The van der Waals surface area contributed by atoms with E-state index in [1.54, 1.807) is 6.07 Å². The van der Waals surface area contributed by atoms with Gasteiger partial charge in [-0.2, -0.15) is 0 Å². The highest BCUT2D eigenvalue weighted by Gasteiger charge is 2.56. The average molecular weight is 542 g/mol. The number of phenols is 2. The quantitative estimate of drug-likeness (QED) is 0.329. The van der Waals surface area contributed by atoms with Crippen LogP contribution < -0.4 is 19.5 Å². The summed E-state index contributed by atoms with van der Waals surface area (Å²) in [6.45, 7) is 0.00592. The summed E-state index contributed by atoms with van der Waals surface area (Å²) in [6, 6.07) is 7.27. The lowest BCUT2D eigenvalue weighted by molar-refractivity contribution is 0.0222. The molecule has 5 rings (SSSR count). The Labute approximate surface area is 220 Å². The number of halogens is 2. The predicted octanol–water partition coefficient (Wildman–Crippen LogP) is 4.35. The molecule has 0 fully saturated rings. The molecule has 3 N–H and O–H groups in total. The number of carbonyl (C=O) groups is 2. The molecule has 0 bridgehead atoms. The standard InChI is InChI=1S/C26H17Cl2NO8/c1-4-7-29-24(32)11-5-6-13-12(8-11)25(33)37-26(13)14-9-16(34-2)20(30)18(27)22(14)36-23-15(26)10-17(35-3)21(31)19(23)28/h1,5-6,8-10,30-31H,7H2,2-3H3,(H,29,32). The molecule has 0 saturated heterocycles. The maximum absolute atomic E-state index is 13.3. The van der Waals surface area contributed by atoms with E-state index in [1.165, 1.54) is 38.5 Å². The van der Waals surface area contributed by atoms with E-state index in [0.29, 0.717) is 5.56 Å². The Morgan fingerprint density at radius 3 is 2.11 bits per heavy atom. The lowest BCUT2D eigenvalue weighted by Crippen LogP contribution is -2.33. The van der Waals surface area contributed by atoms with Crippen molar-refractivity contribution in [1.29, 1.82) is 0 Å². The number of fused-ring (bicyclic) bond motifs is 6. The van der Waals surface area contributed by atoms with Crippen molar-refractivity contribution in [3.63, 3.8) is 0 Å². The summed E-state index contributed by atoms with van der Waals surface area (Å²) in [5.41, 5.74) is -0.723. The fraction of sp³-hybridized carbons (Fsp3) is 0.154. The van der Waals surface area contributed by atoms with Gasteiger partial charge in [-0.1, -0.05) is 35.2 Å². The SMILES string of the molecule is C#CCNC(=O)c1ccc2c(c1)C(=O)OC21c2cc(OC)c(O)c(Cl)c2Oc2c1cc(OC)c(O)c2Cl. The van der Waals surface area contributed by atoms with Gasteiger partial charge in [-0.15, -0.1) is 6.42 Å². The van der Waals surface area contributed by atoms with Crippen LogP contribution >= 0.6 is 23.2 Å². The number of hydrogen-bond donors (Lipinski definition) is 3. The van der Waals surface area contributed by atoms with Gasteiger partial charge in [-0.3, -0.25) is 4.79 Å². The normalized spacial score (nSPS) is 14.0. The zero-order valence-corrected chi connectivity index (χ0v) is 20.8. The molecule has 2 heterocycles. The van der Waals surface area contributed by atoms with Crippen LogP contribution in [-0.2, 0) is 10.3 Å². The molecule has 188 valence electrons. The molecule has 1 amide bonds. The van der Waals surface area contributed by atoms with Crippen molar-refractivity contribution in [2.24, 2.45) is 0 Å². The number of benzene rings is 3. The first-order valence-corrected chi connectivity index (χ1v) is 11.4. The molecule has 0 aliphatic carbocycles. The van der Waals surface area contributed by atoms with Gasteiger partial charge >= 0.3 is 5.97 Å². The second kappa shape index (κ2) is 8.69. The number of esters is 1. The Bertz CT molecular complexity index is 1490. The summed E-state index contributed by atoms with van der Waals surface area (Å²) < 4.78 is 22.6. The summed E-state index contributed by atoms with van der Waals surface area (Å²) >= 11 is 12.9. The average Bonchev–Trinajstić information content (AvgIpc) is 3.19. The number of ether oxygens (including phenoxy) is 4. The highest BCUT2D eigenvalue weighted by molar-refractivity contribution is 6.35.